The number of nitrogens with two attached hydrogens (primary N) is 1. The molecule has 1 saturated carbocycles. The Morgan fingerprint density at radius 3 is 2.47 bits per heavy atom. The topological polar surface area (TPSA) is 43.1 Å². The quantitative estimate of drug-likeness (QED) is 0.795. The zero-order chi connectivity index (χ0) is 12.4. The third-order valence-corrected chi connectivity index (χ3v) is 4.01. The Balaban J connectivity index is 2.17. The van der Waals surface area contributed by atoms with E-state index in [1.807, 2.05) is 19.1 Å². The molecule has 0 unspecified atom stereocenters. The van der Waals surface area contributed by atoms with Gasteiger partial charge in [-0.3, -0.25) is 4.79 Å². The molecule has 0 heterocycles. The van der Waals surface area contributed by atoms with Crippen LogP contribution in [-0.2, 0) is 0 Å². The Bertz CT molecular complexity index is 417. The third kappa shape index (κ3) is 2.58. The molecule has 1 aliphatic rings. The van der Waals surface area contributed by atoms with Crippen LogP contribution in [0.15, 0.2) is 18.2 Å². The zero-order valence-electron chi connectivity index (χ0n) is 10.7. The van der Waals surface area contributed by atoms with Crippen LogP contribution in [0.3, 0.4) is 0 Å². The van der Waals surface area contributed by atoms with E-state index in [1.165, 1.54) is 5.56 Å². The van der Waals surface area contributed by atoms with Crippen molar-refractivity contribution >= 4 is 5.78 Å². The number of Topliss-reactive ketones (excluding diaryl/α,β-unsaturated/α-hetero) is 1. The van der Waals surface area contributed by atoms with E-state index in [9.17, 15) is 4.79 Å². The van der Waals surface area contributed by atoms with E-state index in [1.54, 1.807) is 0 Å². The number of carbonyl (C=O) groups is 1. The Morgan fingerprint density at radius 1 is 1.18 bits per heavy atom. The second-order valence-corrected chi connectivity index (χ2v) is 5.22. The van der Waals surface area contributed by atoms with Crippen LogP contribution in [0.25, 0.3) is 0 Å². The van der Waals surface area contributed by atoms with Crippen molar-refractivity contribution in [1.29, 1.82) is 0 Å². The summed E-state index contributed by atoms with van der Waals surface area (Å²) in [5, 5.41) is 0. The second-order valence-electron chi connectivity index (χ2n) is 5.22. The predicted octanol–water partition coefficient (Wildman–Crippen LogP) is 3.00. The maximum absolute atomic E-state index is 12.4. The predicted molar refractivity (Wildman–Crippen MR) is 70.2 cm³/mol. The van der Waals surface area contributed by atoms with Crippen LogP contribution in [0.4, 0.5) is 0 Å². The van der Waals surface area contributed by atoms with E-state index in [4.69, 9.17) is 5.73 Å². The number of ketones is 1. The first-order valence-corrected chi connectivity index (χ1v) is 6.45. The molecule has 0 aromatic heterocycles. The fourth-order valence-corrected chi connectivity index (χ4v) is 2.62. The highest BCUT2D eigenvalue weighted by molar-refractivity contribution is 5.99. The number of rotatable bonds is 2. The lowest BCUT2D eigenvalue weighted by molar-refractivity contribution is 0.0884. The standard InChI is InChI=1S/C15H21NO/c1-10-4-3-5-14(11(10)2)15(17)12-6-8-13(16)9-7-12/h3-5,12-13H,6-9,16H2,1-2H3. The van der Waals surface area contributed by atoms with Crippen LogP contribution >= 0.6 is 0 Å². The minimum atomic E-state index is 0.190. The molecular formula is C15H21NO. The van der Waals surface area contributed by atoms with Crippen LogP contribution in [0.2, 0.25) is 0 Å². The van der Waals surface area contributed by atoms with Crippen LogP contribution in [0.5, 0.6) is 0 Å². The summed E-state index contributed by atoms with van der Waals surface area (Å²) in [6.07, 6.45) is 3.88. The van der Waals surface area contributed by atoms with Gasteiger partial charge in [0.25, 0.3) is 0 Å². The summed E-state index contributed by atoms with van der Waals surface area (Å²) >= 11 is 0. The first-order chi connectivity index (χ1) is 8.09. The highest BCUT2D eigenvalue weighted by Crippen LogP contribution is 2.28. The zero-order valence-corrected chi connectivity index (χ0v) is 10.7. The van der Waals surface area contributed by atoms with Gasteiger partial charge in [0, 0.05) is 17.5 Å². The number of hydrogen-bond donors (Lipinski definition) is 1. The van der Waals surface area contributed by atoms with Crippen molar-refractivity contribution < 1.29 is 4.79 Å². The van der Waals surface area contributed by atoms with Crippen molar-refractivity contribution in [1.82, 2.24) is 0 Å². The van der Waals surface area contributed by atoms with E-state index in [2.05, 4.69) is 13.0 Å². The monoisotopic (exact) mass is 231 g/mol. The van der Waals surface area contributed by atoms with Crippen molar-refractivity contribution in [3.8, 4) is 0 Å². The molecular weight excluding hydrogens is 210 g/mol. The Kier molecular flexibility index (Phi) is 3.63. The summed E-state index contributed by atoms with van der Waals surface area (Å²) in [5.74, 6) is 0.508. The maximum atomic E-state index is 12.4. The Hall–Kier alpha value is -1.15. The van der Waals surface area contributed by atoms with Crippen LogP contribution in [0.1, 0.15) is 47.2 Å². The number of carbonyl (C=O) groups excluding carboxylic acids is 1. The fraction of sp³-hybridized carbons (Fsp3) is 0.533. The van der Waals surface area contributed by atoms with Gasteiger partial charge in [0.15, 0.2) is 5.78 Å². The molecule has 0 aliphatic heterocycles. The molecule has 1 fully saturated rings. The molecule has 92 valence electrons. The van der Waals surface area contributed by atoms with E-state index >= 15 is 0 Å². The van der Waals surface area contributed by atoms with Crippen molar-refractivity contribution in [3.63, 3.8) is 0 Å². The van der Waals surface area contributed by atoms with Gasteiger partial charge in [-0.1, -0.05) is 18.2 Å². The molecule has 0 saturated heterocycles. The molecule has 0 atom stereocenters. The molecule has 1 aromatic carbocycles. The lowest BCUT2D eigenvalue weighted by Gasteiger charge is -2.25. The fourth-order valence-electron chi connectivity index (χ4n) is 2.62. The van der Waals surface area contributed by atoms with E-state index in [-0.39, 0.29) is 5.92 Å². The summed E-state index contributed by atoms with van der Waals surface area (Å²) < 4.78 is 0. The summed E-state index contributed by atoms with van der Waals surface area (Å²) in [6, 6.07) is 6.30. The lowest BCUT2D eigenvalue weighted by Crippen LogP contribution is -2.30. The smallest absolute Gasteiger partial charge is 0.166 e. The molecule has 0 radical (unpaired) electrons. The van der Waals surface area contributed by atoms with Gasteiger partial charge in [-0.05, 0) is 50.7 Å². The van der Waals surface area contributed by atoms with Crippen molar-refractivity contribution in [2.45, 2.75) is 45.6 Å². The minimum Gasteiger partial charge on any atom is -0.328 e. The molecule has 2 N–H and O–H groups in total. The van der Waals surface area contributed by atoms with Crippen molar-refractivity contribution in [2.24, 2.45) is 11.7 Å². The molecule has 0 amide bonds. The van der Waals surface area contributed by atoms with E-state index in [0.717, 1.165) is 36.8 Å². The van der Waals surface area contributed by atoms with E-state index in [0.29, 0.717) is 11.8 Å². The summed E-state index contributed by atoms with van der Waals surface area (Å²) in [5.41, 5.74) is 9.12. The highest BCUT2D eigenvalue weighted by Gasteiger charge is 2.26. The van der Waals surface area contributed by atoms with Crippen molar-refractivity contribution in [3.05, 3.63) is 34.9 Å². The molecule has 2 nitrogen and oxygen atoms in total. The van der Waals surface area contributed by atoms with Gasteiger partial charge < -0.3 is 5.73 Å². The van der Waals surface area contributed by atoms with Gasteiger partial charge in [-0.15, -0.1) is 0 Å². The average molecular weight is 231 g/mol. The first-order valence-electron chi connectivity index (χ1n) is 6.45. The summed E-state index contributed by atoms with van der Waals surface area (Å²) in [7, 11) is 0. The Labute approximate surface area is 103 Å². The largest absolute Gasteiger partial charge is 0.328 e. The maximum Gasteiger partial charge on any atom is 0.166 e. The molecule has 2 heteroatoms. The van der Waals surface area contributed by atoms with Crippen molar-refractivity contribution in [2.75, 3.05) is 0 Å². The first kappa shape index (κ1) is 12.3. The molecule has 1 aromatic rings. The van der Waals surface area contributed by atoms with Crippen LogP contribution < -0.4 is 5.73 Å². The van der Waals surface area contributed by atoms with Crippen LogP contribution in [-0.4, -0.2) is 11.8 Å². The van der Waals surface area contributed by atoms with Gasteiger partial charge in [-0.2, -0.15) is 0 Å². The van der Waals surface area contributed by atoms with Gasteiger partial charge in [0.1, 0.15) is 0 Å². The SMILES string of the molecule is Cc1cccc(C(=O)C2CCC(N)CC2)c1C. The highest BCUT2D eigenvalue weighted by atomic mass is 16.1. The second kappa shape index (κ2) is 5.01. The minimum absolute atomic E-state index is 0.190. The molecule has 0 bridgehead atoms. The summed E-state index contributed by atoms with van der Waals surface area (Å²) in [6.45, 7) is 4.10. The molecule has 0 spiro atoms. The van der Waals surface area contributed by atoms with Gasteiger partial charge >= 0.3 is 0 Å². The number of hydrogen-bond acceptors (Lipinski definition) is 2. The van der Waals surface area contributed by atoms with Gasteiger partial charge in [-0.25, -0.2) is 0 Å². The lowest BCUT2D eigenvalue weighted by atomic mass is 9.81. The van der Waals surface area contributed by atoms with Crippen LogP contribution in [0, 0.1) is 19.8 Å². The molecule has 1 aliphatic carbocycles. The molecule has 2 rings (SSSR count). The van der Waals surface area contributed by atoms with Gasteiger partial charge in [0.05, 0.1) is 0 Å². The van der Waals surface area contributed by atoms with Gasteiger partial charge in [0.2, 0.25) is 0 Å². The third-order valence-electron chi connectivity index (χ3n) is 4.01. The van der Waals surface area contributed by atoms with E-state index < -0.39 is 0 Å². The molecule has 17 heavy (non-hydrogen) atoms. The normalized spacial score (nSPS) is 24.6. The average Bonchev–Trinajstić information content (AvgIpc) is 2.33. The summed E-state index contributed by atoms with van der Waals surface area (Å²) in [4.78, 5) is 12.4. The Morgan fingerprint density at radius 2 is 1.82 bits per heavy atom. The number of aryl methyl sites for hydroxylation is 1. The number of benzene rings is 1.